The molecule has 3 atom stereocenters. The van der Waals surface area contributed by atoms with Crippen molar-refractivity contribution < 1.29 is 31.8 Å². The maximum absolute atomic E-state index is 13.3. The van der Waals surface area contributed by atoms with Gasteiger partial charge < -0.3 is 15.7 Å². The summed E-state index contributed by atoms with van der Waals surface area (Å²) in [4.78, 5) is 12.4. The Kier molecular flexibility index (Phi) is 4.63. The third-order valence-corrected chi connectivity index (χ3v) is 4.40. The van der Waals surface area contributed by atoms with Gasteiger partial charge in [0.2, 0.25) is 21.8 Å². The first kappa shape index (κ1) is 18.0. The lowest BCUT2D eigenvalue weighted by Crippen LogP contribution is -3.10. The number of hydrogen-bond acceptors (Lipinski definition) is 6. The van der Waals surface area contributed by atoms with Crippen LogP contribution in [0.25, 0.3) is 5.53 Å². The van der Waals surface area contributed by atoms with Crippen LogP contribution in [0.5, 0.6) is 0 Å². The topological polar surface area (TPSA) is 115 Å². The first-order chi connectivity index (χ1) is 10.4. The zero-order chi connectivity index (χ0) is 17.5. The monoisotopic (exact) mass is 355 g/mol. The molecule has 1 amide bonds. The molecule has 2 aliphatic heterocycles. The Bertz CT molecular complexity index is 620. The van der Waals surface area contributed by atoms with E-state index in [2.05, 4.69) is 16.1 Å². The Morgan fingerprint density at radius 2 is 2.26 bits per heavy atom. The quantitative estimate of drug-likeness (QED) is 0.569. The molecule has 12 heteroatoms. The Hall–Kier alpha value is -1.37. The summed E-state index contributed by atoms with van der Waals surface area (Å²) in [5, 5.41) is 3.75. The van der Waals surface area contributed by atoms with Crippen molar-refractivity contribution in [1.82, 2.24) is 10.1 Å². The second kappa shape index (κ2) is 5.92. The van der Waals surface area contributed by atoms with Gasteiger partial charge in [-0.05, 0) is 13.3 Å². The second-order valence-corrected chi connectivity index (χ2v) is 7.68. The fourth-order valence-corrected chi connectivity index (χ4v) is 2.96. The van der Waals surface area contributed by atoms with E-state index >= 15 is 0 Å². The van der Waals surface area contributed by atoms with Gasteiger partial charge in [-0.1, -0.05) is 5.10 Å². The summed E-state index contributed by atoms with van der Waals surface area (Å²) in [5.41, 5.74) is 4.72. The number of alkyl halides is 2. The van der Waals surface area contributed by atoms with Crippen molar-refractivity contribution in [2.45, 2.75) is 32.2 Å². The molecule has 0 aromatic rings. The van der Waals surface area contributed by atoms with Crippen LogP contribution in [0.15, 0.2) is 5.10 Å². The Morgan fingerprint density at radius 3 is 2.78 bits per heavy atom. The zero-order valence-corrected chi connectivity index (χ0v) is 13.7. The summed E-state index contributed by atoms with van der Waals surface area (Å²) in [6, 6.07) is -0.745. The predicted octanol–water partition coefficient (Wildman–Crippen LogP) is -1.48. The molecule has 1 fully saturated rings. The lowest BCUT2D eigenvalue weighted by Gasteiger charge is -2.42. The van der Waals surface area contributed by atoms with E-state index in [-0.39, 0.29) is 24.8 Å². The number of ether oxygens (including phenoxy) is 1. The number of carbonyl (C=O) groups excluding carboxylic acids is 1. The molecule has 3 N–H and O–H groups in total. The minimum Gasteiger partial charge on any atom is -0.416 e. The molecule has 2 heterocycles. The van der Waals surface area contributed by atoms with E-state index in [0.717, 1.165) is 6.26 Å². The van der Waals surface area contributed by atoms with Crippen molar-refractivity contribution in [3.05, 3.63) is 5.53 Å². The molecule has 2 rings (SSSR count). The molecule has 0 bridgehead atoms. The highest BCUT2D eigenvalue weighted by molar-refractivity contribution is 7.89. The number of nitrogens with zero attached hydrogens (tertiary/aromatic N) is 2. The van der Waals surface area contributed by atoms with Crippen molar-refractivity contribution in [1.29, 1.82) is 0 Å². The van der Waals surface area contributed by atoms with E-state index in [1.807, 2.05) is 4.72 Å². The summed E-state index contributed by atoms with van der Waals surface area (Å²) in [7, 11) is -3.74. The molecule has 0 aromatic carbocycles. The average Bonchev–Trinajstić information content (AvgIpc) is 2.86. The van der Waals surface area contributed by atoms with Crippen LogP contribution in [0.3, 0.4) is 0 Å². The van der Waals surface area contributed by atoms with Crippen molar-refractivity contribution in [2.75, 3.05) is 19.5 Å². The molecule has 0 saturated carbocycles. The fourth-order valence-electron chi connectivity index (χ4n) is 2.39. The average molecular weight is 355 g/mol. The van der Waals surface area contributed by atoms with Gasteiger partial charge in [-0.15, -0.1) is 0 Å². The van der Waals surface area contributed by atoms with Gasteiger partial charge in [0, 0.05) is 13.5 Å². The van der Waals surface area contributed by atoms with Crippen LogP contribution in [0, 0.1) is 5.41 Å². The van der Waals surface area contributed by atoms with Gasteiger partial charge in [0.15, 0.2) is 0 Å². The number of amidine groups is 1. The number of halogens is 2. The molecule has 9 nitrogen and oxygen atoms in total. The lowest BCUT2D eigenvalue weighted by atomic mass is 9.77. The molecule has 23 heavy (non-hydrogen) atoms. The lowest BCUT2D eigenvalue weighted by molar-refractivity contribution is -0.902. The molecular formula is C11H19F2N5O4S. The number of rotatable bonds is 4. The highest BCUT2D eigenvalue weighted by Gasteiger charge is 2.50. The van der Waals surface area contributed by atoms with Gasteiger partial charge in [-0.3, -0.25) is 14.6 Å². The minimum atomic E-state index is -3.74. The van der Waals surface area contributed by atoms with Gasteiger partial charge in [-0.25, -0.2) is 8.42 Å². The first-order valence-corrected chi connectivity index (χ1v) is 8.73. The van der Waals surface area contributed by atoms with Crippen LogP contribution in [-0.4, -0.2) is 51.6 Å². The minimum absolute atomic E-state index is 0.00706. The van der Waals surface area contributed by atoms with E-state index in [4.69, 9.17) is 4.74 Å². The van der Waals surface area contributed by atoms with Crippen LogP contribution >= 0.6 is 0 Å². The Morgan fingerprint density at radius 1 is 1.61 bits per heavy atom. The molecule has 132 valence electrons. The van der Waals surface area contributed by atoms with E-state index in [9.17, 15) is 22.0 Å². The largest absolute Gasteiger partial charge is 0.416 e. The van der Waals surface area contributed by atoms with Crippen molar-refractivity contribution >= 4 is 21.8 Å². The van der Waals surface area contributed by atoms with Gasteiger partial charge in [0.1, 0.15) is 18.1 Å². The maximum Gasteiger partial charge on any atom is 0.305 e. The third kappa shape index (κ3) is 3.94. The van der Waals surface area contributed by atoms with Gasteiger partial charge in [-0.2, -0.15) is 8.78 Å². The van der Waals surface area contributed by atoms with Crippen LogP contribution in [0.1, 0.15) is 20.3 Å². The number of sulfonamides is 1. The van der Waals surface area contributed by atoms with E-state index < -0.39 is 39.1 Å². The van der Waals surface area contributed by atoms with Crippen molar-refractivity contribution in [3.63, 3.8) is 0 Å². The number of carbonyl (C=O) groups is 1. The number of quaternary nitrogens is 1. The van der Waals surface area contributed by atoms with E-state index in [1.54, 1.807) is 6.92 Å². The van der Waals surface area contributed by atoms with Gasteiger partial charge >= 0.3 is 5.92 Å². The van der Waals surface area contributed by atoms with E-state index in [1.165, 1.54) is 0 Å². The zero-order valence-electron chi connectivity index (χ0n) is 12.9. The molecule has 2 aliphatic rings. The Balaban J connectivity index is 2.25. The molecule has 1 saturated heterocycles. The maximum atomic E-state index is 13.3. The predicted molar refractivity (Wildman–Crippen MR) is 75.8 cm³/mol. The molecule has 3 unspecified atom stereocenters. The highest BCUT2D eigenvalue weighted by Crippen LogP contribution is 2.30. The molecule has 0 radical (unpaired) electrons. The van der Waals surface area contributed by atoms with Crippen molar-refractivity contribution in [3.8, 4) is 0 Å². The van der Waals surface area contributed by atoms with Crippen LogP contribution in [0.2, 0.25) is 0 Å². The third-order valence-electron chi connectivity index (χ3n) is 3.85. The smallest absolute Gasteiger partial charge is 0.305 e. The standard InChI is InChI=1S/C11H19F2N5O4S/c1-10(9(19)16-23(3,20)21)4-5-22-6-7(10)18-15-8(14-17-18)11(2,12)13/h7,18H,4-6H2,1-3H3,(H,14,15)(H,16,19). The fraction of sp³-hybridized carbons (Fsp3) is 0.818. The summed E-state index contributed by atoms with van der Waals surface area (Å²) in [6.07, 6.45) is 1.08. The van der Waals surface area contributed by atoms with Crippen LogP contribution in [0.4, 0.5) is 8.78 Å². The molecule has 0 aromatic heterocycles. The van der Waals surface area contributed by atoms with Gasteiger partial charge in [0.25, 0.3) is 0 Å². The van der Waals surface area contributed by atoms with Gasteiger partial charge in [0.05, 0.1) is 6.26 Å². The highest BCUT2D eigenvalue weighted by atomic mass is 32.2. The Labute approximate surface area is 132 Å². The second-order valence-electron chi connectivity index (χ2n) is 5.93. The van der Waals surface area contributed by atoms with E-state index in [0.29, 0.717) is 6.92 Å². The molecular weight excluding hydrogens is 336 g/mol. The summed E-state index contributed by atoms with van der Waals surface area (Å²) in [6.45, 7) is 2.48. The molecule has 0 aliphatic carbocycles. The summed E-state index contributed by atoms with van der Waals surface area (Å²) in [5.74, 6) is -4.56. The summed E-state index contributed by atoms with van der Waals surface area (Å²) >= 11 is 0. The summed E-state index contributed by atoms with van der Waals surface area (Å²) < 4.78 is 56.4. The number of nitrogens with one attached hydrogen (secondary N) is 3. The number of hydrogen-bond donors (Lipinski definition) is 3. The SMILES string of the molecule is CC(F)(F)C1=N[NH+](C2COCCC2(C)C(=O)NS(C)(=O)=O)[N-]N1. The van der Waals surface area contributed by atoms with Crippen LogP contribution in [-0.2, 0) is 19.6 Å². The van der Waals surface area contributed by atoms with Crippen LogP contribution < -0.4 is 15.3 Å². The first-order valence-electron chi connectivity index (χ1n) is 6.84. The van der Waals surface area contributed by atoms with Crippen molar-refractivity contribution in [2.24, 2.45) is 10.5 Å². The molecule has 0 spiro atoms. The number of amides is 1. The normalized spacial score (nSPS) is 32.1.